The summed E-state index contributed by atoms with van der Waals surface area (Å²) in [6, 6.07) is 6.92. The number of nitrogens with zero attached hydrogens (tertiary/aromatic N) is 1. The van der Waals surface area contributed by atoms with E-state index in [1.807, 2.05) is 24.4 Å². The summed E-state index contributed by atoms with van der Waals surface area (Å²) in [5.74, 6) is -0.188. The molecule has 27 heavy (non-hydrogen) atoms. The highest BCUT2D eigenvalue weighted by molar-refractivity contribution is 6.30. The van der Waals surface area contributed by atoms with Crippen molar-refractivity contribution in [3.8, 4) is 0 Å². The molecule has 1 aromatic rings. The van der Waals surface area contributed by atoms with Crippen molar-refractivity contribution in [2.24, 2.45) is 5.92 Å². The molecule has 8 heteroatoms. The van der Waals surface area contributed by atoms with Crippen LogP contribution in [0.1, 0.15) is 51.1 Å². The SMILES string of the molecule is CC1CCC2(CC1)NC(=O)N(NC(=O)C[NH2+][C@H](C)c1ccc(Cl)cc1)C2=O. The van der Waals surface area contributed by atoms with Gasteiger partial charge in [0.25, 0.3) is 11.8 Å². The van der Waals surface area contributed by atoms with Crippen molar-refractivity contribution in [3.63, 3.8) is 0 Å². The number of halogens is 1. The number of urea groups is 1. The number of nitrogens with two attached hydrogens (primary N) is 1. The molecule has 0 bridgehead atoms. The number of carbonyl (C=O) groups is 3. The van der Waals surface area contributed by atoms with Crippen molar-refractivity contribution in [1.29, 1.82) is 0 Å². The van der Waals surface area contributed by atoms with Crippen molar-refractivity contribution in [3.05, 3.63) is 34.9 Å². The summed E-state index contributed by atoms with van der Waals surface area (Å²) in [7, 11) is 0. The van der Waals surface area contributed by atoms with Crippen LogP contribution in [-0.4, -0.2) is 34.9 Å². The first-order chi connectivity index (χ1) is 12.8. The van der Waals surface area contributed by atoms with Gasteiger partial charge in [0.1, 0.15) is 11.6 Å². The number of nitrogens with one attached hydrogen (secondary N) is 2. The van der Waals surface area contributed by atoms with Crippen LogP contribution in [0.3, 0.4) is 0 Å². The van der Waals surface area contributed by atoms with Gasteiger partial charge in [-0.15, -0.1) is 0 Å². The maximum Gasteiger partial charge on any atom is 0.344 e. The van der Waals surface area contributed by atoms with Gasteiger partial charge < -0.3 is 10.6 Å². The summed E-state index contributed by atoms with van der Waals surface area (Å²) in [6.45, 7) is 4.22. The molecule has 2 aliphatic rings. The van der Waals surface area contributed by atoms with Gasteiger partial charge in [-0.1, -0.05) is 30.7 Å². The van der Waals surface area contributed by atoms with Crippen LogP contribution >= 0.6 is 11.6 Å². The Morgan fingerprint density at radius 1 is 1.33 bits per heavy atom. The van der Waals surface area contributed by atoms with Crippen LogP contribution in [0.15, 0.2) is 24.3 Å². The number of rotatable bonds is 5. The molecule has 0 radical (unpaired) electrons. The maximum atomic E-state index is 12.7. The largest absolute Gasteiger partial charge is 0.344 e. The van der Waals surface area contributed by atoms with Crippen LogP contribution in [0.4, 0.5) is 4.79 Å². The molecule has 4 N–H and O–H groups in total. The summed E-state index contributed by atoms with van der Waals surface area (Å²) >= 11 is 5.89. The summed E-state index contributed by atoms with van der Waals surface area (Å²) in [4.78, 5) is 37.2. The minimum Gasteiger partial charge on any atom is -0.332 e. The highest BCUT2D eigenvalue weighted by Crippen LogP contribution is 2.35. The molecule has 2 fully saturated rings. The Morgan fingerprint density at radius 3 is 2.59 bits per heavy atom. The second kappa shape index (κ2) is 7.86. The van der Waals surface area contributed by atoms with Crippen LogP contribution in [0.5, 0.6) is 0 Å². The fourth-order valence-electron chi connectivity index (χ4n) is 3.67. The molecule has 1 spiro atoms. The number of carbonyl (C=O) groups excluding carboxylic acids is 3. The number of hydrazine groups is 1. The van der Waals surface area contributed by atoms with Gasteiger partial charge in [0.05, 0.1) is 0 Å². The lowest BCUT2D eigenvalue weighted by molar-refractivity contribution is -0.682. The van der Waals surface area contributed by atoms with E-state index in [1.165, 1.54) is 0 Å². The third-order valence-corrected chi connectivity index (χ3v) is 5.83. The summed E-state index contributed by atoms with van der Waals surface area (Å²) in [6.07, 6.45) is 3.01. The monoisotopic (exact) mass is 393 g/mol. The first-order valence-electron chi connectivity index (χ1n) is 9.36. The predicted octanol–water partition coefficient (Wildman–Crippen LogP) is 1.50. The first-order valence-corrected chi connectivity index (χ1v) is 9.73. The van der Waals surface area contributed by atoms with Crippen molar-refractivity contribution < 1.29 is 19.7 Å². The van der Waals surface area contributed by atoms with E-state index in [9.17, 15) is 14.4 Å². The molecule has 7 nitrogen and oxygen atoms in total. The lowest BCUT2D eigenvalue weighted by Crippen LogP contribution is -2.87. The van der Waals surface area contributed by atoms with Crippen LogP contribution in [-0.2, 0) is 9.59 Å². The van der Waals surface area contributed by atoms with Crippen LogP contribution in [0.2, 0.25) is 5.02 Å². The molecule has 1 heterocycles. The third kappa shape index (κ3) is 4.25. The standard InChI is InChI=1S/C19H25ClN4O3/c1-12-7-9-19(10-8-12)17(26)24(18(27)22-19)23-16(25)11-21-13(2)14-3-5-15(20)6-4-14/h3-6,12-13,21H,7-11H2,1-2H3,(H,22,27)(H,23,25)/p+1/t12?,13-,19?/m1/s1. The highest BCUT2D eigenvalue weighted by Gasteiger charge is 2.52. The van der Waals surface area contributed by atoms with Gasteiger partial charge in [0.2, 0.25) is 0 Å². The number of hydrogen-bond donors (Lipinski definition) is 3. The van der Waals surface area contributed by atoms with Gasteiger partial charge in [-0.25, -0.2) is 4.79 Å². The Hall–Kier alpha value is -2.12. The number of benzene rings is 1. The predicted molar refractivity (Wildman–Crippen MR) is 101 cm³/mol. The molecule has 1 aromatic carbocycles. The number of quaternary nitrogens is 1. The molecule has 146 valence electrons. The van der Waals surface area contributed by atoms with Crippen molar-refractivity contribution >= 4 is 29.4 Å². The lowest BCUT2D eigenvalue weighted by Gasteiger charge is -2.33. The Balaban J connectivity index is 1.54. The van der Waals surface area contributed by atoms with E-state index in [0.717, 1.165) is 23.4 Å². The van der Waals surface area contributed by atoms with Gasteiger partial charge in [0.15, 0.2) is 6.54 Å². The Bertz CT molecular complexity index is 729. The molecule has 1 aliphatic carbocycles. The normalized spacial score (nSPS) is 26.2. The van der Waals surface area contributed by atoms with Crippen LogP contribution in [0.25, 0.3) is 0 Å². The minimum absolute atomic E-state index is 0.0438. The average molecular weight is 394 g/mol. The van der Waals surface area contributed by atoms with E-state index in [0.29, 0.717) is 23.8 Å². The van der Waals surface area contributed by atoms with E-state index < -0.39 is 11.6 Å². The van der Waals surface area contributed by atoms with Gasteiger partial charge >= 0.3 is 6.03 Å². The molecule has 0 unspecified atom stereocenters. The number of hydrogen-bond acceptors (Lipinski definition) is 3. The Kier molecular flexibility index (Phi) is 5.72. The van der Waals surface area contributed by atoms with Gasteiger partial charge in [-0.05, 0) is 50.7 Å². The quantitative estimate of drug-likeness (QED) is 0.661. The van der Waals surface area contributed by atoms with Crippen molar-refractivity contribution in [1.82, 2.24) is 15.8 Å². The van der Waals surface area contributed by atoms with Crippen LogP contribution < -0.4 is 16.1 Å². The van der Waals surface area contributed by atoms with Crippen LogP contribution in [0, 0.1) is 5.92 Å². The molecular weight excluding hydrogens is 368 g/mol. The third-order valence-electron chi connectivity index (χ3n) is 5.58. The topological polar surface area (TPSA) is 95.1 Å². The molecule has 1 saturated carbocycles. The maximum absolute atomic E-state index is 12.7. The summed E-state index contributed by atoms with van der Waals surface area (Å²) in [5, 5.41) is 6.14. The molecule has 3 rings (SSSR count). The molecule has 4 amide bonds. The fourth-order valence-corrected chi connectivity index (χ4v) is 3.80. The van der Waals surface area contributed by atoms with E-state index in [1.54, 1.807) is 12.1 Å². The molecule has 1 saturated heterocycles. The van der Waals surface area contributed by atoms with Gasteiger partial charge in [0, 0.05) is 10.6 Å². The zero-order valence-corrected chi connectivity index (χ0v) is 16.4. The summed E-state index contributed by atoms with van der Waals surface area (Å²) < 4.78 is 0. The van der Waals surface area contributed by atoms with Crippen molar-refractivity contribution in [2.45, 2.75) is 51.1 Å². The van der Waals surface area contributed by atoms with E-state index in [2.05, 4.69) is 17.7 Å². The van der Waals surface area contributed by atoms with Gasteiger partial charge in [-0.2, -0.15) is 5.01 Å². The van der Waals surface area contributed by atoms with Gasteiger partial charge in [-0.3, -0.25) is 15.0 Å². The van der Waals surface area contributed by atoms with Crippen molar-refractivity contribution in [2.75, 3.05) is 6.54 Å². The fraction of sp³-hybridized carbons (Fsp3) is 0.526. The second-order valence-electron chi connectivity index (χ2n) is 7.65. The van der Waals surface area contributed by atoms with E-state index in [-0.39, 0.29) is 24.4 Å². The Labute approximate surface area is 163 Å². The second-order valence-corrected chi connectivity index (χ2v) is 8.09. The average Bonchev–Trinajstić information content (AvgIpc) is 2.87. The zero-order valence-electron chi connectivity index (χ0n) is 15.6. The van der Waals surface area contributed by atoms with E-state index in [4.69, 9.17) is 11.6 Å². The minimum atomic E-state index is -0.850. The highest BCUT2D eigenvalue weighted by atomic mass is 35.5. The number of amides is 4. The smallest absolute Gasteiger partial charge is 0.332 e. The lowest BCUT2D eigenvalue weighted by atomic mass is 9.77. The molecular formula is C19H26ClN4O3+. The zero-order chi connectivity index (χ0) is 19.6. The van der Waals surface area contributed by atoms with E-state index >= 15 is 0 Å². The Morgan fingerprint density at radius 2 is 1.96 bits per heavy atom. The molecule has 1 aliphatic heterocycles. The molecule has 1 atom stereocenters. The number of imide groups is 1. The first kappa shape index (κ1) is 19.6. The molecule has 0 aromatic heterocycles. The summed E-state index contributed by atoms with van der Waals surface area (Å²) in [5.41, 5.74) is 2.65.